The molecule has 6 nitrogen and oxygen atoms in total. The van der Waals surface area contributed by atoms with E-state index < -0.39 is 6.10 Å². The number of hydrogen-bond acceptors (Lipinski definition) is 6. The first-order chi connectivity index (χ1) is 40.5. The number of hydrogen-bond donors (Lipinski definition) is 0. The van der Waals surface area contributed by atoms with Crippen LogP contribution >= 0.6 is 0 Å². The third-order valence-electron chi connectivity index (χ3n) is 15.3. The molecule has 0 heterocycles. The van der Waals surface area contributed by atoms with Gasteiger partial charge in [0.15, 0.2) is 6.10 Å². The van der Waals surface area contributed by atoms with E-state index in [2.05, 4.69) is 118 Å². The van der Waals surface area contributed by atoms with Gasteiger partial charge in [0.1, 0.15) is 13.2 Å². The molecule has 0 rings (SSSR count). The second-order valence-corrected chi connectivity index (χ2v) is 23.4. The summed E-state index contributed by atoms with van der Waals surface area (Å²) < 4.78 is 16.9. The van der Waals surface area contributed by atoms with E-state index in [0.717, 1.165) is 122 Å². The highest BCUT2D eigenvalue weighted by Gasteiger charge is 2.19. The zero-order chi connectivity index (χ0) is 59.2. The molecule has 1 atom stereocenters. The summed E-state index contributed by atoms with van der Waals surface area (Å²) in [6.07, 6.45) is 94.5. The average molecular weight is 1140 g/mol. The van der Waals surface area contributed by atoms with Gasteiger partial charge in [-0.3, -0.25) is 14.4 Å². The van der Waals surface area contributed by atoms with Crippen LogP contribution in [-0.2, 0) is 28.6 Å². The molecule has 0 amide bonds. The first kappa shape index (κ1) is 78.3. The van der Waals surface area contributed by atoms with E-state index in [1.807, 2.05) is 0 Å². The SMILES string of the molecule is CC/C=C\C/C=C\C/C=C\C/C=C\C/C=C\C/C=C\C/C=C\CCCCCC(=O)OC(COC(=O)CCCCCCC/C=C\CCCC)COC(=O)CCCCCCCCCCCCCCCCCCCCCCCCCCCCCC. The molecular weight excluding hydrogens is 1010 g/mol. The lowest BCUT2D eigenvalue weighted by atomic mass is 10.0. The van der Waals surface area contributed by atoms with Crippen molar-refractivity contribution in [1.29, 1.82) is 0 Å². The Hall–Kier alpha value is -3.67. The summed E-state index contributed by atoms with van der Waals surface area (Å²) >= 11 is 0. The summed E-state index contributed by atoms with van der Waals surface area (Å²) in [5.74, 6) is -0.922. The first-order valence-corrected chi connectivity index (χ1v) is 35.2. The van der Waals surface area contributed by atoms with Gasteiger partial charge < -0.3 is 14.2 Å². The van der Waals surface area contributed by atoms with Gasteiger partial charge in [0, 0.05) is 19.3 Å². The van der Waals surface area contributed by atoms with E-state index in [-0.39, 0.29) is 37.5 Å². The van der Waals surface area contributed by atoms with E-state index in [1.165, 1.54) is 186 Å². The molecule has 0 spiro atoms. The maximum Gasteiger partial charge on any atom is 0.306 e. The van der Waals surface area contributed by atoms with Gasteiger partial charge in [-0.25, -0.2) is 0 Å². The maximum atomic E-state index is 12.9. The third kappa shape index (κ3) is 67.1. The van der Waals surface area contributed by atoms with Crippen LogP contribution in [0.5, 0.6) is 0 Å². The summed E-state index contributed by atoms with van der Waals surface area (Å²) in [6.45, 7) is 6.49. The second-order valence-electron chi connectivity index (χ2n) is 23.4. The van der Waals surface area contributed by atoms with Crippen molar-refractivity contribution in [2.45, 2.75) is 354 Å². The average Bonchev–Trinajstić information content (AvgIpc) is 3.48. The molecule has 0 saturated carbocycles. The minimum atomic E-state index is -0.800. The second kappa shape index (κ2) is 69.8. The summed E-state index contributed by atoms with van der Waals surface area (Å²) in [5, 5.41) is 0. The molecule has 0 aromatic carbocycles. The highest BCUT2D eigenvalue weighted by molar-refractivity contribution is 5.71. The number of ether oxygens (including phenoxy) is 3. The number of rotatable bonds is 64. The zero-order valence-corrected chi connectivity index (χ0v) is 54.2. The lowest BCUT2D eigenvalue weighted by molar-refractivity contribution is -0.167. The molecule has 0 aromatic rings. The van der Waals surface area contributed by atoms with Gasteiger partial charge in [-0.15, -0.1) is 0 Å². The van der Waals surface area contributed by atoms with Gasteiger partial charge in [-0.2, -0.15) is 0 Å². The molecule has 0 aliphatic heterocycles. The summed E-state index contributed by atoms with van der Waals surface area (Å²) in [5.41, 5.74) is 0. The summed E-state index contributed by atoms with van der Waals surface area (Å²) in [6, 6.07) is 0. The molecule has 0 radical (unpaired) electrons. The van der Waals surface area contributed by atoms with E-state index >= 15 is 0 Å². The molecule has 472 valence electrons. The Morgan fingerprint density at radius 2 is 0.488 bits per heavy atom. The molecule has 0 aliphatic rings. The number of allylic oxidation sites excluding steroid dienone is 16. The van der Waals surface area contributed by atoms with Gasteiger partial charge in [-0.05, 0) is 96.3 Å². The molecule has 0 bridgehead atoms. The molecule has 6 heteroatoms. The number of esters is 3. The molecule has 82 heavy (non-hydrogen) atoms. The topological polar surface area (TPSA) is 78.9 Å². The fraction of sp³-hybridized carbons (Fsp3) is 0.750. The van der Waals surface area contributed by atoms with Crippen LogP contribution in [0.4, 0.5) is 0 Å². The molecule has 0 aliphatic carbocycles. The summed E-state index contributed by atoms with van der Waals surface area (Å²) in [4.78, 5) is 38.3. The van der Waals surface area contributed by atoms with Crippen LogP contribution in [0.25, 0.3) is 0 Å². The Bertz CT molecular complexity index is 1590. The quantitative estimate of drug-likeness (QED) is 0.0261. The normalized spacial score (nSPS) is 12.7. The fourth-order valence-corrected chi connectivity index (χ4v) is 10.1. The van der Waals surface area contributed by atoms with Crippen molar-refractivity contribution >= 4 is 17.9 Å². The standard InChI is InChI=1S/C76H132O6/c1-4-7-10-13-16-19-22-24-26-28-30-32-34-36-37-38-40-41-43-45-47-49-51-54-57-60-63-66-69-75(78)81-72-73(71-80-74(77)68-65-62-59-56-53-21-18-15-12-9-6-3)82-76(79)70-67-64-61-58-55-52-50-48-46-44-42-39-35-33-31-29-27-25-23-20-17-14-11-8-5-2/h8,11,15,17-18,20,25,27,31,33,39,42,46,48,52,55,73H,4-7,9-10,12-14,16,19,21-24,26,28-30,32,34-38,40-41,43-45,47,49-51,53-54,56-72H2,1-3H3/b11-8-,18-15-,20-17-,27-25-,33-31-,42-39-,48-46-,55-52-. The van der Waals surface area contributed by atoms with Crippen molar-refractivity contribution in [2.75, 3.05) is 13.2 Å². The van der Waals surface area contributed by atoms with Gasteiger partial charge in [0.25, 0.3) is 0 Å². The van der Waals surface area contributed by atoms with Crippen LogP contribution in [0.15, 0.2) is 97.2 Å². The van der Waals surface area contributed by atoms with Gasteiger partial charge in [-0.1, -0.05) is 330 Å². The van der Waals surface area contributed by atoms with E-state index in [4.69, 9.17) is 14.2 Å². The van der Waals surface area contributed by atoms with Crippen molar-refractivity contribution in [3.05, 3.63) is 97.2 Å². The highest BCUT2D eigenvalue weighted by Crippen LogP contribution is 2.18. The Labute approximate surface area is 508 Å². The van der Waals surface area contributed by atoms with Crippen LogP contribution in [0.3, 0.4) is 0 Å². The Kier molecular flexibility index (Phi) is 66.7. The number of carbonyl (C=O) groups is 3. The first-order valence-electron chi connectivity index (χ1n) is 35.2. The van der Waals surface area contributed by atoms with Crippen molar-refractivity contribution in [3.63, 3.8) is 0 Å². The predicted octanol–water partition coefficient (Wildman–Crippen LogP) is 24.4. The Morgan fingerprint density at radius 1 is 0.256 bits per heavy atom. The minimum absolute atomic E-state index is 0.0914. The van der Waals surface area contributed by atoms with Crippen molar-refractivity contribution in [2.24, 2.45) is 0 Å². The van der Waals surface area contributed by atoms with E-state index in [1.54, 1.807) is 0 Å². The zero-order valence-electron chi connectivity index (χ0n) is 54.2. The molecule has 0 aromatic heterocycles. The molecule has 1 unspecified atom stereocenters. The summed E-state index contributed by atoms with van der Waals surface area (Å²) in [7, 11) is 0. The van der Waals surface area contributed by atoms with Crippen molar-refractivity contribution < 1.29 is 28.6 Å². The van der Waals surface area contributed by atoms with Gasteiger partial charge in [0.2, 0.25) is 0 Å². The van der Waals surface area contributed by atoms with Crippen LogP contribution in [0, 0.1) is 0 Å². The minimum Gasteiger partial charge on any atom is -0.462 e. The molecular formula is C76H132O6. The highest BCUT2D eigenvalue weighted by atomic mass is 16.6. The predicted molar refractivity (Wildman–Crippen MR) is 357 cm³/mol. The van der Waals surface area contributed by atoms with Crippen LogP contribution in [0.2, 0.25) is 0 Å². The Morgan fingerprint density at radius 3 is 0.805 bits per heavy atom. The molecule has 0 fully saturated rings. The third-order valence-corrected chi connectivity index (χ3v) is 15.3. The molecule has 0 N–H and O–H groups in total. The Balaban J connectivity index is 4.26. The van der Waals surface area contributed by atoms with Gasteiger partial charge >= 0.3 is 17.9 Å². The maximum absolute atomic E-state index is 12.9. The lowest BCUT2D eigenvalue weighted by Crippen LogP contribution is -2.30. The smallest absolute Gasteiger partial charge is 0.306 e. The van der Waals surface area contributed by atoms with Crippen LogP contribution in [0.1, 0.15) is 348 Å². The number of unbranched alkanes of at least 4 members (excludes halogenated alkanes) is 37. The van der Waals surface area contributed by atoms with Gasteiger partial charge in [0.05, 0.1) is 0 Å². The fourth-order valence-electron chi connectivity index (χ4n) is 10.1. The van der Waals surface area contributed by atoms with Crippen LogP contribution in [-0.4, -0.2) is 37.2 Å². The van der Waals surface area contributed by atoms with Crippen molar-refractivity contribution in [3.8, 4) is 0 Å². The molecule has 0 saturated heterocycles. The lowest BCUT2D eigenvalue weighted by Gasteiger charge is -2.18. The monoisotopic (exact) mass is 1140 g/mol. The van der Waals surface area contributed by atoms with Crippen LogP contribution < -0.4 is 0 Å². The largest absolute Gasteiger partial charge is 0.462 e. The van der Waals surface area contributed by atoms with E-state index in [9.17, 15) is 14.4 Å². The van der Waals surface area contributed by atoms with E-state index in [0.29, 0.717) is 12.8 Å². The van der Waals surface area contributed by atoms with Crippen molar-refractivity contribution in [1.82, 2.24) is 0 Å². The number of carbonyl (C=O) groups excluding carboxylic acids is 3.